The van der Waals surface area contributed by atoms with Gasteiger partial charge in [-0.1, -0.05) is 13.8 Å². The number of nitrogens with zero attached hydrogens (tertiary/aromatic N) is 2. The zero-order valence-corrected chi connectivity index (χ0v) is 19.8. The van der Waals surface area contributed by atoms with E-state index in [1.54, 1.807) is 48.5 Å². The van der Waals surface area contributed by atoms with E-state index in [9.17, 15) is 14.7 Å². The van der Waals surface area contributed by atoms with Gasteiger partial charge < -0.3 is 23.9 Å². The van der Waals surface area contributed by atoms with Gasteiger partial charge in [-0.2, -0.15) is 0 Å². The molecule has 8 nitrogen and oxygen atoms in total. The minimum atomic E-state index is -1.02. The molecule has 1 amide bonds. The summed E-state index contributed by atoms with van der Waals surface area (Å²) in [6, 6.07) is 8.65. The Hall–Kier alpha value is -3.43. The number of fused-ring (bicyclic) bond motifs is 2. The number of thiophene rings is 1. The van der Waals surface area contributed by atoms with Gasteiger partial charge in [0.05, 0.1) is 21.2 Å². The number of carboxylic acid groups (broad SMARTS) is 1. The number of hydrogen-bond acceptors (Lipinski definition) is 7. The fourth-order valence-corrected chi connectivity index (χ4v) is 5.31. The number of benzene rings is 1. The van der Waals surface area contributed by atoms with Crippen LogP contribution in [0.25, 0.3) is 21.2 Å². The quantitative estimate of drug-likeness (QED) is 0.388. The fraction of sp³-hybridized carbons (Fsp3) is 0.320. The van der Waals surface area contributed by atoms with E-state index < -0.39 is 5.97 Å². The van der Waals surface area contributed by atoms with Crippen LogP contribution in [0.1, 0.15) is 52.0 Å². The van der Waals surface area contributed by atoms with E-state index in [1.807, 2.05) is 13.8 Å². The lowest BCUT2D eigenvalue weighted by molar-refractivity contribution is 0.0694. The predicted octanol–water partition coefficient (Wildman–Crippen LogP) is 5.52. The number of carbonyl (C=O) groups excluding carboxylic acids is 1. The van der Waals surface area contributed by atoms with Crippen molar-refractivity contribution in [3.05, 3.63) is 52.7 Å². The van der Waals surface area contributed by atoms with Crippen LogP contribution in [0.2, 0.25) is 0 Å². The van der Waals surface area contributed by atoms with Crippen molar-refractivity contribution in [1.29, 1.82) is 0 Å². The van der Waals surface area contributed by atoms with E-state index in [0.29, 0.717) is 51.7 Å². The summed E-state index contributed by atoms with van der Waals surface area (Å²) in [5.74, 6) is 0.387. The lowest BCUT2D eigenvalue weighted by Crippen LogP contribution is -2.29. The minimum absolute atomic E-state index is 0.0343. The van der Waals surface area contributed by atoms with E-state index in [4.69, 9.17) is 13.9 Å². The first-order valence-electron chi connectivity index (χ1n) is 11.0. The average molecular weight is 481 g/mol. The Bertz CT molecular complexity index is 1410. The average Bonchev–Trinajstić information content (AvgIpc) is 3.54. The summed E-state index contributed by atoms with van der Waals surface area (Å²) in [7, 11) is 1.66. The SMILES string of the molecule is COC1CCN(C(=O)c2cc3nccc(Oc4ccc5c(C(=O)O)c(C(C)C)oc5c4)c3s2)C1. The molecule has 1 unspecified atom stereocenters. The maximum atomic E-state index is 13.0. The van der Waals surface area contributed by atoms with Crippen molar-refractivity contribution < 1.29 is 28.6 Å². The first kappa shape index (κ1) is 22.4. The van der Waals surface area contributed by atoms with Crippen molar-refractivity contribution in [3.63, 3.8) is 0 Å². The van der Waals surface area contributed by atoms with Gasteiger partial charge in [0.25, 0.3) is 5.91 Å². The van der Waals surface area contributed by atoms with E-state index in [1.165, 1.54) is 11.3 Å². The van der Waals surface area contributed by atoms with E-state index >= 15 is 0 Å². The van der Waals surface area contributed by atoms with Gasteiger partial charge in [-0.15, -0.1) is 11.3 Å². The number of rotatable bonds is 6. The zero-order chi connectivity index (χ0) is 24.0. The molecule has 0 bridgehead atoms. The molecule has 1 aliphatic rings. The summed E-state index contributed by atoms with van der Waals surface area (Å²) < 4.78 is 18.1. The van der Waals surface area contributed by atoms with E-state index in [-0.39, 0.29) is 23.5 Å². The van der Waals surface area contributed by atoms with E-state index in [2.05, 4.69) is 4.98 Å². The molecule has 1 aliphatic heterocycles. The zero-order valence-electron chi connectivity index (χ0n) is 19.0. The topological polar surface area (TPSA) is 102 Å². The Morgan fingerprint density at radius 1 is 1.26 bits per heavy atom. The summed E-state index contributed by atoms with van der Waals surface area (Å²) in [5, 5.41) is 10.2. The van der Waals surface area contributed by atoms with Gasteiger partial charge >= 0.3 is 5.97 Å². The molecule has 0 saturated carbocycles. The maximum absolute atomic E-state index is 13.0. The van der Waals surface area contributed by atoms with Gasteiger partial charge in [0.2, 0.25) is 0 Å². The van der Waals surface area contributed by atoms with Crippen molar-refractivity contribution in [3.8, 4) is 11.5 Å². The second kappa shape index (κ2) is 8.73. The summed E-state index contributed by atoms with van der Waals surface area (Å²) >= 11 is 1.34. The van der Waals surface area contributed by atoms with Gasteiger partial charge in [0.15, 0.2) is 0 Å². The van der Waals surface area contributed by atoms with Crippen LogP contribution in [-0.2, 0) is 4.74 Å². The molecule has 0 spiro atoms. The molecule has 1 N–H and O–H groups in total. The Morgan fingerprint density at radius 3 is 2.79 bits per heavy atom. The molecule has 3 aromatic heterocycles. The Morgan fingerprint density at radius 2 is 2.09 bits per heavy atom. The van der Waals surface area contributed by atoms with Crippen molar-refractivity contribution in [2.75, 3.05) is 20.2 Å². The van der Waals surface area contributed by atoms with Crippen molar-refractivity contribution in [2.24, 2.45) is 0 Å². The first-order valence-corrected chi connectivity index (χ1v) is 11.9. The second-order valence-corrected chi connectivity index (χ2v) is 9.65. The normalized spacial score (nSPS) is 16.1. The fourth-order valence-electron chi connectivity index (χ4n) is 4.27. The third-order valence-corrected chi connectivity index (χ3v) is 7.13. The molecule has 4 heterocycles. The van der Waals surface area contributed by atoms with Crippen LogP contribution in [0, 0.1) is 0 Å². The first-order chi connectivity index (χ1) is 16.4. The number of carboxylic acids is 1. The molecule has 1 fully saturated rings. The molecule has 0 radical (unpaired) electrons. The van der Waals surface area contributed by atoms with Crippen molar-refractivity contribution >= 4 is 44.4 Å². The molecule has 4 aromatic rings. The van der Waals surface area contributed by atoms with Crippen molar-refractivity contribution in [1.82, 2.24) is 9.88 Å². The van der Waals surface area contributed by atoms with Gasteiger partial charge in [0.1, 0.15) is 28.4 Å². The minimum Gasteiger partial charge on any atom is -0.478 e. The Balaban J connectivity index is 1.46. The van der Waals surface area contributed by atoms with Crippen LogP contribution in [0.4, 0.5) is 0 Å². The lowest BCUT2D eigenvalue weighted by atomic mass is 10.0. The molecule has 1 atom stereocenters. The number of likely N-dealkylation sites (tertiary alicyclic amines) is 1. The highest BCUT2D eigenvalue weighted by molar-refractivity contribution is 7.21. The second-order valence-electron chi connectivity index (χ2n) is 8.59. The number of methoxy groups -OCH3 is 1. The standard InChI is InChI=1S/C25H24N2O6S/c1-13(2)22-21(25(29)30)16-5-4-14(10-19(16)33-22)32-18-6-8-26-17-11-20(34-23(17)18)24(28)27-9-7-15(12-27)31-3/h4-6,8,10-11,13,15H,7,9,12H2,1-3H3,(H,29,30). The Kier molecular flexibility index (Phi) is 5.75. The van der Waals surface area contributed by atoms with Crippen molar-refractivity contribution in [2.45, 2.75) is 32.3 Å². The highest BCUT2D eigenvalue weighted by atomic mass is 32.1. The maximum Gasteiger partial charge on any atom is 0.339 e. The highest BCUT2D eigenvalue weighted by Crippen LogP contribution is 2.38. The van der Waals surface area contributed by atoms with Gasteiger partial charge in [0, 0.05) is 49.8 Å². The number of amides is 1. The Labute approximate surface area is 199 Å². The van der Waals surface area contributed by atoms with Crippen LogP contribution in [-0.4, -0.2) is 53.2 Å². The molecule has 176 valence electrons. The lowest BCUT2D eigenvalue weighted by Gasteiger charge is -2.14. The van der Waals surface area contributed by atoms with Gasteiger partial charge in [-0.3, -0.25) is 9.78 Å². The smallest absolute Gasteiger partial charge is 0.339 e. The molecule has 34 heavy (non-hydrogen) atoms. The summed E-state index contributed by atoms with van der Waals surface area (Å²) in [5.41, 5.74) is 1.32. The number of aromatic carboxylic acids is 1. The molecule has 1 saturated heterocycles. The van der Waals surface area contributed by atoms with Crippen LogP contribution in [0.3, 0.4) is 0 Å². The van der Waals surface area contributed by atoms with Crippen LogP contribution >= 0.6 is 11.3 Å². The molecular formula is C25H24N2O6S. The molecule has 5 rings (SSSR count). The van der Waals surface area contributed by atoms with E-state index in [0.717, 1.165) is 11.1 Å². The predicted molar refractivity (Wildman–Crippen MR) is 128 cm³/mol. The number of aromatic nitrogens is 1. The van der Waals surface area contributed by atoms with Gasteiger partial charge in [-0.25, -0.2) is 4.79 Å². The summed E-state index contributed by atoms with van der Waals surface area (Å²) in [6.45, 7) is 5.04. The van der Waals surface area contributed by atoms with Crippen LogP contribution < -0.4 is 4.74 Å². The molecule has 9 heteroatoms. The van der Waals surface area contributed by atoms with Gasteiger partial charge in [-0.05, 0) is 24.6 Å². The third-order valence-electron chi connectivity index (χ3n) is 6.01. The largest absolute Gasteiger partial charge is 0.478 e. The molecular weight excluding hydrogens is 456 g/mol. The summed E-state index contributed by atoms with van der Waals surface area (Å²) in [4.78, 5) is 31.6. The van der Waals surface area contributed by atoms with Crippen LogP contribution in [0.5, 0.6) is 11.5 Å². The number of ether oxygens (including phenoxy) is 2. The number of pyridine rings is 1. The number of hydrogen-bond donors (Lipinski definition) is 1. The number of carbonyl (C=O) groups is 2. The molecule has 0 aliphatic carbocycles. The monoisotopic (exact) mass is 480 g/mol. The van der Waals surface area contributed by atoms with Crippen LogP contribution in [0.15, 0.2) is 40.9 Å². The summed E-state index contributed by atoms with van der Waals surface area (Å²) in [6.07, 6.45) is 2.54. The number of furan rings is 1. The highest BCUT2D eigenvalue weighted by Gasteiger charge is 2.28. The third kappa shape index (κ3) is 3.91. The molecule has 1 aromatic carbocycles.